The average molecular weight is 1320 g/mol. The largest absolute Gasteiger partial charge is 0.394 e. The molecule has 2 bridgehead atoms. The Bertz CT molecular complexity index is 3330. The quantitative estimate of drug-likeness (QED) is 0.0538. The molecular formula is C61H82N14O17S. The molecule has 1 fully saturated rings. The Labute approximate surface area is 539 Å². The van der Waals surface area contributed by atoms with Gasteiger partial charge in [-0.2, -0.15) is 0 Å². The van der Waals surface area contributed by atoms with E-state index < -0.39 is 200 Å². The second-order valence-electron chi connectivity index (χ2n) is 23.8. The topological polar surface area (TPSA) is 457 Å². The second-order valence-corrected chi connectivity index (χ2v) is 24.9. The molecule has 93 heavy (non-hydrogen) atoms. The molecule has 0 saturated carbocycles. The number of nitrogens with zero attached hydrogens (tertiary/aromatic N) is 2. The van der Waals surface area contributed by atoms with Crippen molar-refractivity contribution in [2.75, 3.05) is 43.9 Å². The lowest BCUT2D eigenvalue weighted by Gasteiger charge is -2.33. The van der Waals surface area contributed by atoms with Crippen molar-refractivity contribution in [1.82, 2.24) is 68.0 Å². The van der Waals surface area contributed by atoms with E-state index >= 15 is 4.79 Å². The van der Waals surface area contributed by atoms with Gasteiger partial charge in [0.15, 0.2) is 0 Å². The average Bonchev–Trinajstić information content (AvgIpc) is 1.70. The zero-order valence-corrected chi connectivity index (χ0v) is 53.1. The summed E-state index contributed by atoms with van der Waals surface area (Å²) < 4.78 is 0. The molecule has 32 heteroatoms. The van der Waals surface area contributed by atoms with E-state index in [1.807, 2.05) is 0 Å². The number of H-pyrrole nitrogens is 1. The number of hydrogen-bond acceptors (Lipinski definition) is 19. The summed E-state index contributed by atoms with van der Waals surface area (Å²) in [6.07, 6.45) is -3.88. The number of aromatic amines is 1. The molecule has 13 atom stereocenters. The summed E-state index contributed by atoms with van der Waals surface area (Å²) in [5.41, 5.74) is 1.74. The van der Waals surface area contributed by atoms with Crippen molar-refractivity contribution in [1.29, 1.82) is 0 Å². The van der Waals surface area contributed by atoms with Gasteiger partial charge in [-0.3, -0.25) is 72.5 Å². The summed E-state index contributed by atoms with van der Waals surface area (Å²) in [6, 6.07) is 1.48. The minimum absolute atomic E-state index is 0.178. The van der Waals surface area contributed by atoms with Crippen LogP contribution in [0.4, 0.5) is 5.69 Å². The van der Waals surface area contributed by atoms with Crippen molar-refractivity contribution in [3.05, 3.63) is 71.8 Å². The molecule has 2 unspecified atom stereocenters. The molecule has 0 radical (unpaired) electrons. The lowest BCUT2D eigenvalue weighted by atomic mass is 9.93. The van der Waals surface area contributed by atoms with Gasteiger partial charge in [0.05, 0.1) is 49.4 Å². The number of aliphatic hydroxyl groups excluding tert-OH is 4. The maximum absolute atomic E-state index is 15.0. The number of hydrogen-bond donors (Lipinski definition) is 16. The molecule has 13 amide bonds. The number of carbonyl (C=O) groups is 13. The Hall–Kier alpha value is -8.82. The van der Waals surface area contributed by atoms with Gasteiger partial charge in [0, 0.05) is 79.3 Å². The van der Waals surface area contributed by atoms with Gasteiger partial charge in [-0.25, -0.2) is 0 Å². The Kier molecular flexibility index (Phi) is 25.1. The maximum Gasteiger partial charge on any atom is 0.253 e. The third kappa shape index (κ3) is 18.9. The van der Waals surface area contributed by atoms with Gasteiger partial charge in [0.2, 0.25) is 65.0 Å². The maximum atomic E-state index is 15.0. The van der Waals surface area contributed by atoms with Crippen LogP contribution >= 0.6 is 11.8 Å². The van der Waals surface area contributed by atoms with Crippen molar-refractivity contribution in [3.8, 4) is 0 Å². The van der Waals surface area contributed by atoms with Gasteiger partial charge in [-0.1, -0.05) is 71.4 Å². The zero-order chi connectivity index (χ0) is 68.0. The molecule has 2 aromatic carbocycles. The van der Waals surface area contributed by atoms with E-state index in [1.165, 1.54) is 26.0 Å². The molecule has 1 aromatic heterocycles. The fourth-order valence-corrected chi connectivity index (χ4v) is 12.0. The third-order valence-electron chi connectivity index (χ3n) is 16.6. The van der Waals surface area contributed by atoms with Crippen LogP contribution in [0.1, 0.15) is 78.4 Å². The van der Waals surface area contributed by atoms with Crippen molar-refractivity contribution < 1.29 is 82.8 Å². The fourth-order valence-electron chi connectivity index (χ4n) is 10.8. The summed E-state index contributed by atoms with van der Waals surface area (Å²) in [5.74, 6) is -12.8. The second kappa shape index (κ2) is 32.6. The summed E-state index contributed by atoms with van der Waals surface area (Å²) in [5, 5.41) is 73.5. The molecule has 31 nitrogen and oxygen atoms in total. The standard InChI is InChI=1S/C61H82N14O17S/c1-7-30(4)51-57(89)64-24-46(81)67-41-28-93-60-37(36-10-8-9-11-38(36)70-60)21-39(54(86)63-25-47(82)72-51)68-59(91)52(31(5)43(78)27-76)73-56(88)42-20-35(77)26-75(42)61(92)40(69-55(41)87)22-45(80)62-23-33-12-14-34(15-13-33)66-53(85)32(6)65-58(90)50(29(2)3)71-44(79)18-19-74-48(83)16-17-49(74)84/h8-17,29-32,35,39-43,46,50-52,67,70,76-78,81H,7,18-28H2,1-6H3,(H,62,80)(H,63,86)(H,64,89)(H,65,90)(H,66,85)(H,68,91)(H,69,87)(H,71,79)(H,72,82)(H,73,88)/t30-,31-,32-,35+,39-,40?,41-,42-,43-,46?,50-,51-,52-/m0/s1. The zero-order valence-electron chi connectivity index (χ0n) is 52.2. The van der Waals surface area contributed by atoms with Crippen LogP contribution in [0.2, 0.25) is 0 Å². The molecule has 16 N–H and O–H groups in total. The smallest absolute Gasteiger partial charge is 0.253 e. The predicted octanol–water partition coefficient (Wildman–Crippen LogP) is -4.12. The van der Waals surface area contributed by atoms with Crippen LogP contribution in [0.15, 0.2) is 65.7 Å². The molecule has 0 spiro atoms. The molecule has 3 aromatic rings. The number of fused-ring (bicyclic) bond motifs is 5. The lowest BCUT2D eigenvalue weighted by molar-refractivity contribution is -0.144. The number of amides is 13. The highest BCUT2D eigenvalue weighted by molar-refractivity contribution is 7.99. The molecule has 4 aliphatic rings. The number of anilines is 1. The van der Waals surface area contributed by atoms with Gasteiger partial charge >= 0.3 is 0 Å². The van der Waals surface area contributed by atoms with E-state index in [4.69, 9.17) is 0 Å². The minimum Gasteiger partial charge on any atom is -0.394 e. The number of benzene rings is 2. The first kappa shape index (κ1) is 71.6. The summed E-state index contributed by atoms with van der Waals surface area (Å²) >= 11 is 1.03. The van der Waals surface area contributed by atoms with Crippen molar-refractivity contribution in [3.63, 3.8) is 0 Å². The van der Waals surface area contributed by atoms with Gasteiger partial charge in [-0.15, -0.1) is 11.8 Å². The van der Waals surface area contributed by atoms with Crippen LogP contribution in [-0.4, -0.2) is 217 Å². The number of β-amino-alcohol motifs (C(OH)–C–C–N with tert-alkyl or cyclic N) is 1. The SMILES string of the molecule is CC[C@H](C)[C@@H]1NC(=O)CNC(=O)[C@@H]2Cc3c([nH]c4ccccc34)SC[C@H](NC(O)CNC1=O)C(=O)NC(CC(=O)NCc1ccc(NC(=O)[C@H](C)NC(=O)[C@@H](NC(=O)CCN3C(=O)C=CC3=O)C(C)C)cc1)C(=O)N1C[C@H](O)C[C@H]1C(=O)N[C@@H]([C@@H](C)[C@@H](O)CO)C(=O)N2. The molecule has 504 valence electrons. The van der Waals surface area contributed by atoms with Gasteiger partial charge in [-0.05, 0) is 48.1 Å². The Morgan fingerprint density at radius 3 is 2.13 bits per heavy atom. The van der Waals surface area contributed by atoms with Crippen molar-refractivity contribution in [2.24, 2.45) is 17.8 Å². The Morgan fingerprint density at radius 2 is 1.45 bits per heavy atom. The highest BCUT2D eigenvalue weighted by Gasteiger charge is 2.45. The number of aliphatic hydroxyl groups is 4. The summed E-state index contributed by atoms with van der Waals surface area (Å²) in [4.78, 5) is 183. The number of thioether (sulfide) groups is 1. The van der Waals surface area contributed by atoms with Crippen LogP contribution in [-0.2, 0) is 75.3 Å². The number of nitrogens with one attached hydrogen (secondary N) is 12. The highest BCUT2D eigenvalue weighted by Crippen LogP contribution is 2.32. The fraction of sp³-hybridized carbons (Fsp3) is 0.525. The van der Waals surface area contributed by atoms with Gasteiger partial charge < -0.3 is 83.5 Å². The first-order chi connectivity index (χ1) is 44.2. The lowest BCUT2D eigenvalue weighted by Crippen LogP contribution is -2.62. The minimum atomic E-state index is -1.81. The highest BCUT2D eigenvalue weighted by atomic mass is 32.2. The van der Waals surface area contributed by atoms with Crippen molar-refractivity contribution in [2.45, 2.75) is 152 Å². The number of para-hydroxylation sites is 1. The first-order valence-electron chi connectivity index (χ1n) is 30.7. The van der Waals surface area contributed by atoms with Gasteiger partial charge in [0.25, 0.3) is 11.8 Å². The molecule has 1 saturated heterocycles. The van der Waals surface area contributed by atoms with Crippen LogP contribution in [0, 0.1) is 17.8 Å². The molecule has 7 rings (SSSR count). The van der Waals surface area contributed by atoms with E-state index in [-0.39, 0.29) is 37.4 Å². The Balaban J connectivity index is 1.14. The van der Waals surface area contributed by atoms with E-state index in [2.05, 4.69) is 63.5 Å². The summed E-state index contributed by atoms with van der Waals surface area (Å²) in [6.45, 7) is 6.62. The number of aromatic nitrogens is 1. The van der Waals surface area contributed by atoms with Crippen LogP contribution in [0.3, 0.4) is 0 Å². The summed E-state index contributed by atoms with van der Waals surface area (Å²) in [7, 11) is 0. The molecular weight excluding hydrogens is 1230 g/mol. The van der Waals surface area contributed by atoms with Crippen LogP contribution in [0.25, 0.3) is 10.9 Å². The third-order valence-corrected chi connectivity index (χ3v) is 17.7. The number of carbonyl (C=O) groups excluding carboxylic acids is 13. The van der Waals surface area contributed by atoms with Crippen molar-refractivity contribution >= 4 is 105 Å². The van der Waals surface area contributed by atoms with Crippen LogP contribution < -0.4 is 58.5 Å². The first-order valence-corrected chi connectivity index (χ1v) is 31.6. The normalized spacial score (nSPS) is 24.6. The van der Waals surface area contributed by atoms with E-state index in [0.717, 1.165) is 33.7 Å². The molecule has 4 aliphatic heterocycles. The van der Waals surface area contributed by atoms with Crippen LogP contribution in [0.5, 0.6) is 0 Å². The van der Waals surface area contributed by atoms with E-state index in [9.17, 15) is 78.0 Å². The van der Waals surface area contributed by atoms with E-state index in [1.54, 1.807) is 64.1 Å². The molecule has 0 aliphatic carbocycles. The van der Waals surface area contributed by atoms with Gasteiger partial charge in [0.1, 0.15) is 48.5 Å². The number of imide groups is 1. The number of rotatable bonds is 18. The Morgan fingerprint density at radius 1 is 0.753 bits per heavy atom. The predicted molar refractivity (Wildman–Crippen MR) is 334 cm³/mol. The molecule has 5 heterocycles. The van der Waals surface area contributed by atoms with E-state index in [0.29, 0.717) is 33.5 Å². The monoisotopic (exact) mass is 1310 g/mol.